The van der Waals surface area contributed by atoms with Gasteiger partial charge in [0.15, 0.2) is 10.2 Å². The molecule has 2 aromatic heterocycles. The summed E-state index contributed by atoms with van der Waals surface area (Å²) < 4.78 is 7.73. The molecule has 0 radical (unpaired) electrons. The Hall–Kier alpha value is -2.98. The molecule has 0 atom stereocenters. The average Bonchev–Trinajstić information content (AvgIpc) is 3.37. The van der Waals surface area contributed by atoms with E-state index in [0.717, 1.165) is 32.4 Å². The number of hydrogen-bond acceptors (Lipinski definition) is 9. The number of methoxy groups -OCH3 is 1. The van der Waals surface area contributed by atoms with E-state index in [1.54, 1.807) is 23.6 Å². The predicted octanol–water partition coefficient (Wildman–Crippen LogP) is 3.56. The molecule has 0 saturated heterocycles. The quantitative estimate of drug-likeness (QED) is 0.474. The van der Waals surface area contributed by atoms with Crippen molar-refractivity contribution in [1.82, 2.24) is 30.4 Å². The van der Waals surface area contributed by atoms with E-state index in [0.29, 0.717) is 5.75 Å². The molecular formula is C17H15N7OS2. The minimum atomic E-state index is 0.596. The number of nitrogens with one attached hydrogen (secondary N) is 1. The lowest BCUT2D eigenvalue weighted by molar-refractivity contribution is 0.415. The van der Waals surface area contributed by atoms with E-state index < -0.39 is 0 Å². The van der Waals surface area contributed by atoms with Crippen LogP contribution in [0.1, 0.15) is 5.82 Å². The van der Waals surface area contributed by atoms with E-state index in [9.17, 15) is 0 Å². The first kappa shape index (κ1) is 17.4. The summed E-state index contributed by atoms with van der Waals surface area (Å²) in [6.07, 6.45) is 0. The van der Waals surface area contributed by atoms with E-state index in [2.05, 4.69) is 31.0 Å². The van der Waals surface area contributed by atoms with Gasteiger partial charge in [0, 0.05) is 5.69 Å². The summed E-state index contributed by atoms with van der Waals surface area (Å²) in [6.45, 7) is 0. The molecule has 136 valence electrons. The summed E-state index contributed by atoms with van der Waals surface area (Å²) in [7, 11) is 1.64. The van der Waals surface area contributed by atoms with Crippen LogP contribution in [0.2, 0.25) is 0 Å². The SMILES string of the molecule is COc1ccc(Nc2nnc(SCc3nnnn3-c3ccccc3)s2)cc1. The second-order valence-corrected chi connectivity index (χ2v) is 7.56. The molecule has 0 aliphatic carbocycles. The summed E-state index contributed by atoms with van der Waals surface area (Å²) in [5, 5.41) is 24.3. The van der Waals surface area contributed by atoms with Gasteiger partial charge in [-0.1, -0.05) is 41.3 Å². The van der Waals surface area contributed by atoms with E-state index in [1.165, 1.54) is 11.3 Å². The number of nitrogens with zero attached hydrogens (tertiary/aromatic N) is 6. The van der Waals surface area contributed by atoms with Gasteiger partial charge in [0.2, 0.25) is 5.13 Å². The smallest absolute Gasteiger partial charge is 0.210 e. The molecule has 0 bridgehead atoms. The van der Waals surface area contributed by atoms with Crippen LogP contribution < -0.4 is 10.1 Å². The van der Waals surface area contributed by atoms with Gasteiger partial charge in [-0.15, -0.1) is 15.3 Å². The van der Waals surface area contributed by atoms with Crippen LogP contribution in [0.5, 0.6) is 5.75 Å². The van der Waals surface area contributed by atoms with Crippen molar-refractivity contribution in [3.8, 4) is 11.4 Å². The largest absolute Gasteiger partial charge is 0.497 e. The molecular weight excluding hydrogens is 382 g/mol. The Bertz CT molecular complexity index is 1000. The molecule has 2 aromatic carbocycles. The Morgan fingerprint density at radius 1 is 1.04 bits per heavy atom. The second-order valence-electron chi connectivity index (χ2n) is 5.36. The number of para-hydroxylation sites is 1. The van der Waals surface area contributed by atoms with Crippen molar-refractivity contribution in [2.45, 2.75) is 10.1 Å². The average molecular weight is 397 g/mol. The fourth-order valence-electron chi connectivity index (χ4n) is 2.31. The van der Waals surface area contributed by atoms with Crippen molar-refractivity contribution < 1.29 is 4.74 Å². The third-order valence-electron chi connectivity index (χ3n) is 3.61. The lowest BCUT2D eigenvalue weighted by Crippen LogP contribution is -2.01. The van der Waals surface area contributed by atoms with Crippen LogP contribution in [0.3, 0.4) is 0 Å². The number of thioether (sulfide) groups is 1. The fourth-order valence-corrected chi connectivity index (χ4v) is 3.99. The van der Waals surface area contributed by atoms with Gasteiger partial charge in [0.1, 0.15) is 5.75 Å². The third-order valence-corrected chi connectivity index (χ3v) is 5.58. The van der Waals surface area contributed by atoms with Crippen LogP contribution in [-0.2, 0) is 5.75 Å². The van der Waals surface area contributed by atoms with E-state index in [-0.39, 0.29) is 0 Å². The van der Waals surface area contributed by atoms with Crippen molar-refractivity contribution in [3.63, 3.8) is 0 Å². The molecule has 0 aliphatic rings. The van der Waals surface area contributed by atoms with Gasteiger partial charge in [-0.2, -0.15) is 4.68 Å². The van der Waals surface area contributed by atoms with Crippen molar-refractivity contribution in [3.05, 3.63) is 60.4 Å². The maximum absolute atomic E-state index is 5.16. The number of aromatic nitrogens is 6. The van der Waals surface area contributed by atoms with Crippen molar-refractivity contribution in [2.24, 2.45) is 0 Å². The number of benzene rings is 2. The van der Waals surface area contributed by atoms with Gasteiger partial charge in [-0.3, -0.25) is 0 Å². The van der Waals surface area contributed by atoms with E-state index in [1.807, 2.05) is 54.6 Å². The summed E-state index contributed by atoms with van der Waals surface area (Å²) in [5.74, 6) is 2.16. The molecule has 0 unspecified atom stereocenters. The minimum absolute atomic E-state index is 0.596. The first-order valence-electron chi connectivity index (χ1n) is 8.02. The standard InChI is InChI=1S/C17H15N7OS2/c1-25-14-9-7-12(8-10-14)18-16-20-21-17(27-16)26-11-15-19-22-23-24(15)13-5-3-2-4-6-13/h2-10H,11H2,1H3,(H,18,20). The fraction of sp³-hybridized carbons (Fsp3) is 0.118. The summed E-state index contributed by atoms with van der Waals surface area (Å²) >= 11 is 3.03. The Morgan fingerprint density at radius 2 is 1.85 bits per heavy atom. The van der Waals surface area contributed by atoms with Crippen LogP contribution in [0.4, 0.5) is 10.8 Å². The second kappa shape index (κ2) is 8.14. The monoisotopic (exact) mass is 397 g/mol. The van der Waals surface area contributed by atoms with Crippen LogP contribution in [-0.4, -0.2) is 37.5 Å². The zero-order valence-electron chi connectivity index (χ0n) is 14.3. The molecule has 10 heteroatoms. The number of hydrogen-bond donors (Lipinski definition) is 1. The van der Waals surface area contributed by atoms with Crippen molar-refractivity contribution in [2.75, 3.05) is 12.4 Å². The Kier molecular flexibility index (Phi) is 5.26. The molecule has 4 aromatic rings. The van der Waals surface area contributed by atoms with Gasteiger partial charge >= 0.3 is 0 Å². The summed E-state index contributed by atoms with van der Waals surface area (Å²) in [5.41, 5.74) is 1.86. The molecule has 27 heavy (non-hydrogen) atoms. The van der Waals surface area contributed by atoms with Crippen LogP contribution >= 0.6 is 23.1 Å². The Balaban J connectivity index is 1.40. The summed E-state index contributed by atoms with van der Waals surface area (Å²) in [4.78, 5) is 0. The van der Waals surface area contributed by atoms with Crippen molar-refractivity contribution in [1.29, 1.82) is 0 Å². The van der Waals surface area contributed by atoms with Gasteiger partial charge in [0.25, 0.3) is 0 Å². The zero-order chi connectivity index (χ0) is 18.5. The first-order valence-corrected chi connectivity index (χ1v) is 9.82. The molecule has 0 saturated carbocycles. The third kappa shape index (κ3) is 4.23. The topological polar surface area (TPSA) is 90.6 Å². The lowest BCUT2D eigenvalue weighted by atomic mass is 10.3. The maximum atomic E-state index is 5.16. The minimum Gasteiger partial charge on any atom is -0.497 e. The van der Waals surface area contributed by atoms with Gasteiger partial charge < -0.3 is 10.1 Å². The highest BCUT2D eigenvalue weighted by atomic mass is 32.2. The van der Waals surface area contributed by atoms with Gasteiger partial charge in [0.05, 0.1) is 18.6 Å². The van der Waals surface area contributed by atoms with E-state index >= 15 is 0 Å². The molecule has 0 spiro atoms. The van der Waals surface area contributed by atoms with Crippen molar-refractivity contribution >= 4 is 33.9 Å². The van der Waals surface area contributed by atoms with Crippen LogP contribution in [0, 0.1) is 0 Å². The lowest BCUT2D eigenvalue weighted by Gasteiger charge is -2.03. The highest BCUT2D eigenvalue weighted by Crippen LogP contribution is 2.30. The highest BCUT2D eigenvalue weighted by Gasteiger charge is 2.11. The molecule has 0 aliphatic heterocycles. The number of rotatable bonds is 7. The van der Waals surface area contributed by atoms with E-state index in [4.69, 9.17) is 4.74 Å². The molecule has 0 amide bonds. The Morgan fingerprint density at radius 3 is 2.63 bits per heavy atom. The van der Waals surface area contributed by atoms with Gasteiger partial charge in [-0.25, -0.2) is 0 Å². The predicted molar refractivity (Wildman–Crippen MR) is 105 cm³/mol. The van der Waals surface area contributed by atoms with Crippen LogP contribution in [0.15, 0.2) is 58.9 Å². The van der Waals surface area contributed by atoms with Gasteiger partial charge in [-0.05, 0) is 46.8 Å². The van der Waals surface area contributed by atoms with Crippen LogP contribution in [0.25, 0.3) is 5.69 Å². The molecule has 2 heterocycles. The molecule has 4 rings (SSSR count). The summed E-state index contributed by atoms with van der Waals surface area (Å²) in [6, 6.07) is 17.4. The number of anilines is 2. The number of ether oxygens (including phenoxy) is 1. The zero-order valence-corrected chi connectivity index (χ0v) is 15.9. The highest BCUT2D eigenvalue weighted by molar-refractivity contribution is 8.00. The molecule has 1 N–H and O–H groups in total. The normalized spacial score (nSPS) is 10.7. The maximum Gasteiger partial charge on any atom is 0.210 e. The Labute approximate surface area is 163 Å². The molecule has 0 fully saturated rings. The first-order chi connectivity index (χ1) is 13.3. The molecule has 8 nitrogen and oxygen atoms in total. The number of tetrazole rings is 1.